The van der Waals surface area contributed by atoms with Gasteiger partial charge in [0.2, 0.25) is 5.91 Å². The van der Waals surface area contributed by atoms with Gasteiger partial charge in [-0.05, 0) is 62.2 Å². The summed E-state index contributed by atoms with van der Waals surface area (Å²) in [5.41, 5.74) is 3.33. The largest absolute Gasteiger partial charge is 0.282 e. The van der Waals surface area contributed by atoms with Crippen LogP contribution in [0.4, 0.5) is 5.13 Å². The van der Waals surface area contributed by atoms with Crippen molar-refractivity contribution in [1.29, 1.82) is 0 Å². The van der Waals surface area contributed by atoms with E-state index < -0.39 is 9.84 Å². The number of carbonyl (C=O) groups is 1. The topological polar surface area (TPSA) is 80.2 Å². The number of fused-ring (bicyclic) bond motifs is 1. The van der Waals surface area contributed by atoms with Crippen LogP contribution in [0.1, 0.15) is 29.7 Å². The van der Waals surface area contributed by atoms with Crippen LogP contribution in [0.25, 0.3) is 10.2 Å². The predicted octanol–water partition coefficient (Wildman–Crippen LogP) is 5.75. The van der Waals surface area contributed by atoms with Crippen molar-refractivity contribution in [2.75, 3.05) is 10.7 Å². The van der Waals surface area contributed by atoms with Crippen LogP contribution in [0.15, 0.2) is 65.7 Å². The fraction of sp³-hybridized carbons (Fsp3) is 0.240. The summed E-state index contributed by atoms with van der Waals surface area (Å²) in [6.07, 6.45) is 1.96. The summed E-state index contributed by atoms with van der Waals surface area (Å²) in [6.45, 7) is 4.05. The van der Waals surface area contributed by atoms with Gasteiger partial charge in [-0.3, -0.25) is 14.7 Å². The maximum atomic E-state index is 13.3. The highest BCUT2D eigenvalue weighted by molar-refractivity contribution is 7.91. The van der Waals surface area contributed by atoms with Gasteiger partial charge >= 0.3 is 0 Å². The zero-order chi connectivity index (χ0) is 24.3. The first kappa shape index (κ1) is 24.3. The van der Waals surface area contributed by atoms with Crippen LogP contribution in [-0.4, -0.2) is 30.0 Å². The molecule has 0 bridgehead atoms. The Kier molecular flexibility index (Phi) is 7.30. The van der Waals surface area contributed by atoms with E-state index in [4.69, 9.17) is 16.6 Å². The molecule has 4 aromatic rings. The second-order valence-corrected chi connectivity index (χ2v) is 11.6. The van der Waals surface area contributed by atoms with Gasteiger partial charge in [-0.2, -0.15) is 0 Å². The van der Waals surface area contributed by atoms with Crippen molar-refractivity contribution in [2.24, 2.45) is 0 Å². The molecule has 4 rings (SSSR count). The molecule has 34 heavy (non-hydrogen) atoms. The summed E-state index contributed by atoms with van der Waals surface area (Å²) in [6, 6.07) is 16.0. The first-order chi connectivity index (χ1) is 16.2. The number of halogens is 1. The number of sulfone groups is 1. The second kappa shape index (κ2) is 10.2. The molecule has 0 fully saturated rings. The highest BCUT2D eigenvalue weighted by Gasteiger charge is 2.23. The lowest BCUT2D eigenvalue weighted by molar-refractivity contribution is -0.118. The summed E-state index contributed by atoms with van der Waals surface area (Å²) in [5, 5.41) is 1.16. The van der Waals surface area contributed by atoms with E-state index in [1.165, 1.54) is 11.3 Å². The minimum absolute atomic E-state index is 0.0770. The van der Waals surface area contributed by atoms with Gasteiger partial charge < -0.3 is 0 Å². The van der Waals surface area contributed by atoms with Crippen LogP contribution in [0.2, 0.25) is 5.02 Å². The fourth-order valence-electron chi connectivity index (χ4n) is 3.53. The van der Waals surface area contributed by atoms with Crippen molar-refractivity contribution < 1.29 is 13.2 Å². The van der Waals surface area contributed by atoms with E-state index in [1.807, 2.05) is 44.2 Å². The molecule has 0 saturated carbocycles. The highest BCUT2D eigenvalue weighted by Crippen LogP contribution is 2.34. The molecule has 0 spiro atoms. The van der Waals surface area contributed by atoms with E-state index >= 15 is 0 Å². The minimum atomic E-state index is -3.46. The monoisotopic (exact) mass is 513 g/mol. The number of amides is 1. The van der Waals surface area contributed by atoms with E-state index in [0.29, 0.717) is 10.2 Å². The lowest BCUT2D eigenvalue weighted by Crippen LogP contribution is -2.30. The smallest absolute Gasteiger partial charge is 0.229 e. The number of nitrogens with zero attached hydrogens (tertiary/aromatic N) is 3. The lowest BCUT2D eigenvalue weighted by atomic mass is 10.2. The van der Waals surface area contributed by atoms with Crippen LogP contribution >= 0.6 is 22.9 Å². The minimum Gasteiger partial charge on any atom is -0.282 e. The number of hydrogen-bond acceptors (Lipinski definition) is 6. The number of aromatic nitrogens is 2. The van der Waals surface area contributed by atoms with E-state index in [-0.39, 0.29) is 35.9 Å². The molecule has 2 aromatic heterocycles. The second-order valence-electron chi connectivity index (χ2n) is 8.05. The molecule has 9 heteroatoms. The highest BCUT2D eigenvalue weighted by atomic mass is 35.5. The summed E-state index contributed by atoms with van der Waals surface area (Å²) >= 11 is 7.66. The number of benzene rings is 2. The van der Waals surface area contributed by atoms with Crippen LogP contribution < -0.4 is 4.90 Å². The molecule has 0 atom stereocenters. The van der Waals surface area contributed by atoms with E-state index in [0.717, 1.165) is 27.0 Å². The average molecular weight is 514 g/mol. The number of hydrogen-bond donors (Lipinski definition) is 0. The van der Waals surface area contributed by atoms with Crippen molar-refractivity contribution in [3.05, 3.63) is 82.6 Å². The number of rotatable bonds is 8. The molecule has 0 aliphatic heterocycles. The van der Waals surface area contributed by atoms with Gasteiger partial charge in [-0.25, -0.2) is 13.4 Å². The molecular formula is C25H24ClN3O3S2. The molecule has 0 radical (unpaired) electrons. The third-order valence-electron chi connectivity index (χ3n) is 5.50. The number of anilines is 1. The molecule has 0 aliphatic rings. The van der Waals surface area contributed by atoms with Gasteiger partial charge in [0.15, 0.2) is 15.0 Å². The molecule has 176 valence electrons. The third kappa shape index (κ3) is 5.46. The van der Waals surface area contributed by atoms with Gasteiger partial charge in [0.05, 0.1) is 33.1 Å². The molecule has 1 amide bonds. The van der Waals surface area contributed by atoms with Crippen LogP contribution in [0, 0.1) is 13.8 Å². The quantitative estimate of drug-likeness (QED) is 0.300. The standard InChI is InChI=1S/C25H24ClN3O3S2/c1-17-8-10-20(11-9-17)34(31,32)15-5-7-23(30)29(16-19-6-3-4-14-27-19)25-28-24-18(2)21(26)12-13-22(24)33-25/h3-4,6,8-14H,5,7,15-16H2,1-2H3. The molecule has 2 heterocycles. The Balaban J connectivity index is 1.55. The molecular weight excluding hydrogens is 490 g/mol. The molecule has 0 saturated heterocycles. The van der Waals surface area contributed by atoms with Gasteiger partial charge in [-0.15, -0.1) is 0 Å². The van der Waals surface area contributed by atoms with Crippen LogP contribution in [0.3, 0.4) is 0 Å². The number of pyridine rings is 1. The van der Waals surface area contributed by atoms with Crippen LogP contribution in [-0.2, 0) is 21.2 Å². The van der Waals surface area contributed by atoms with E-state index in [2.05, 4.69) is 4.98 Å². The van der Waals surface area contributed by atoms with E-state index in [1.54, 1.807) is 35.4 Å². The Labute approximate surface area is 208 Å². The van der Waals surface area contributed by atoms with E-state index in [9.17, 15) is 13.2 Å². The zero-order valence-corrected chi connectivity index (χ0v) is 21.3. The summed E-state index contributed by atoms with van der Waals surface area (Å²) in [7, 11) is -3.46. The van der Waals surface area contributed by atoms with Gasteiger partial charge in [-0.1, -0.05) is 46.7 Å². The predicted molar refractivity (Wildman–Crippen MR) is 137 cm³/mol. The van der Waals surface area contributed by atoms with Crippen molar-refractivity contribution >= 4 is 54.0 Å². The first-order valence-corrected chi connectivity index (χ1v) is 13.6. The molecule has 0 unspecified atom stereocenters. The Morgan fingerprint density at radius 1 is 1.06 bits per heavy atom. The zero-order valence-electron chi connectivity index (χ0n) is 18.9. The summed E-state index contributed by atoms with van der Waals surface area (Å²) in [5.74, 6) is -0.305. The average Bonchev–Trinajstić information content (AvgIpc) is 3.25. The molecule has 0 N–H and O–H groups in total. The van der Waals surface area contributed by atoms with Crippen molar-refractivity contribution in [1.82, 2.24) is 9.97 Å². The number of aryl methyl sites for hydroxylation is 2. The SMILES string of the molecule is Cc1ccc(S(=O)(=O)CCCC(=O)N(Cc2ccccn2)c2nc3c(C)c(Cl)ccc3s2)cc1. The first-order valence-electron chi connectivity index (χ1n) is 10.8. The Morgan fingerprint density at radius 2 is 1.82 bits per heavy atom. The fourth-order valence-corrected chi connectivity index (χ4v) is 6.04. The normalized spacial score (nSPS) is 11.6. The van der Waals surface area contributed by atoms with Crippen molar-refractivity contribution in [3.63, 3.8) is 0 Å². The number of carbonyl (C=O) groups excluding carboxylic acids is 1. The maximum absolute atomic E-state index is 13.3. The molecule has 6 nitrogen and oxygen atoms in total. The van der Waals surface area contributed by atoms with Crippen molar-refractivity contribution in [2.45, 2.75) is 38.1 Å². The summed E-state index contributed by atoms with van der Waals surface area (Å²) in [4.78, 5) is 24.2. The van der Waals surface area contributed by atoms with Crippen molar-refractivity contribution in [3.8, 4) is 0 Å². The maximum Gasteiger partial charge on any atom is 0.229 e. The lowest BCUT2D eigenvalue weighted by Gasteiger charge is -2.19. The van der Waals surface area contributed by atoms with Gasteiger partial charge in [0.25, 0.3) is 0 Å². The third-order valence-corrected chi connectivity index (χ3v) is 8.77. The van der Waals surface area contributed by atoms with Gasteiger partial charge in [0.1, 0.15) is 0 Å². The number of thiazole rings is 1. The Morgan fingerprint density at radius 3 is 2.53 bits per heavy atom. The Hall–Kier alpha value is -2.81. The molecule has 2 aromatic carbocycles. The summed E-state index contributed by atoms with van der Waals surface area (Å²) < 4.78 is 26.3. The Bertz CT molecular complexity index is 1420. The van der Waals surface area contributed by atoms with Crippen LogP contribution in [0.5, 0.6) is 0 Å². The molecule has 0 aliphatic carbocycles. The van der Waals surface area contributed by atoms with Gasteiger partial charge in [0, 0.05) is 17.6 Å².